The van der Waals surface area contributed by atoms with Crippen molar-refractivity contribution in [1.29, 1.82) is 0 Å². The maximum atomic E-state index is 14.9. The number of nitrogens with zero attached hydrogens (tertiary/aromatic N) is 1. The minimum atomic E-state index is -1.11. The van der Waals surface area contributed by atoms with Crippen LogP contribution in [0.1, 0.15) is 47.1 Å². The maximum Gasteiger partial charge on any atom is 0.246 e. The van der Waals surface area contributed by atoms with Gasteiger partial charge in [-0.15, -0.1) is 0 Å². The highest BCUT2D eigenvalue weighted by Crippen LogP contribution is 2.35. The molecular weight excluding hydrogens is 823 g/mol. The van der Waals surface area contributed by atoms with Gasteiger partial charge in [0.05, 0.1) is 25.0 Å². The third-order valence-corrected chi connectivity index (χ3v) is 11.8. The summed E-state index contributed by atoms with van der Waals surface area (Å²) in [7, 11) is 0. The van der Waals surface area contributed by atoms with Gasteiger partial charge in [-0.2, -0.15) is 0 Å². The molecule has 2 aliphatic heterocycles. The summed E-state index contributed by atoms with van der Waals surface area (Å²) in [4.78, 5) is 84.6. The Kier molecular flexibility index (Phi) is 17.3. The molecule has 0 saturated carbocycles. The summed E-state index contributed by atoms with van der Waals surface area (Å²) in [6, 6.07) is 30.5. The van der Waals surface area contributed by atoms with E-state index >= 15 is 0 Å². The van der Waals surface area contributed by atoms with Crippen LogP contribution in [0.25, 0.3) is 17.2 Å². The van der Waals surface area contributed by atoms with Crippen molar-refractivity contribution in [2.45, 2.75) is 57.2 Å². The fourth-order valence-corrected chi connectivity index (χ4v) is 8.33. The van der Waals surface area contributed by atoms with Crippen LogP contribution in [-0.4, -0.2) is 98.4 Å². The number of ether oxygens (including phenoxy) is 1. The number of nitrogens with two attached hydrogens (primary N) is 1. The fourth-order valence-electron chi connectivity index (χ4n) is 8.33. The number of hydrogen-bond donors (Lipinski definition) is 6. The first-order chi connectivity index (χ1) is 31.6. The zero-order valence-electron chi connectivity index (χ0n) is 36.7. The third-order valence-electron chi connectivity index (χ3n) is 11.8. The minimum absolute atomic E-state index is 0.0146. The zero-order chi connectivity index (χ0) is 46.0. The Morgan fingerprint density at radius 2 is 1.58 bits per heavy atom. The second-order valence-electron chi connectivity index (χ2n) is 16.4. The van der Waals surface area contributed by atoms with Crippen LogP contribution in [0, 0.1) is 5.41 Å². The van der Waals surface area contributed by atoms with Crippen molar-refractivity contribution in [2.75, 3.05) is 45.9 Å². The van der Waals surface area contributed by atoms with E-state index in [-0.39, 0.29) is 58.0 Å². The van der Waals surface area contributed by atoms with Crippen molar-refractivity contribution in [2.24, 2.45) is 11.1 Å². The summed E-state index contributed by atoms with van der Waals surface area (Å²) in [6.45, 7) is 5.53. The Hall–Kier alpha value is -6.90. The largest absolute Gasteiger partial charge is 0.378 e. The van der Waals surface area contributed by atoms with Gasteiger partial charge in [0.1, 0.15) is 12.1 Å². The van der Waals surface area contributed by atoms with Crippen molar-refractivity contribution in [1.82, 2.24) is 31.5 Å². The van der Waals surface area contributed by atoms with Gasteiger partial charge in [0.2, 0.25) is 35.4 Å². The number of piperidine rings is 1. The van der Waals surface area contributed by atoms with E-state index in [0.717, 1.165) is 33.9 Å². The Morgan fingerprint density at radius 3 is 2.35 bits per heavy atom. The molecule has 340 valence electrons. The average molecular weight is 882 g/mol. The van der Waals surface area contributed by atoms with Gasteiger partial charge in [-0.05, 0) is 64.6 Å². The third kappa shape index (κ3) is 13.6. The Balaban J connectivity index is 1.31. The van der Waals surface area contributed by atoms with Crippen LogP contribution in [0.3, 0.4) is 0 Å². The van der Waals surface area contributed by atoms with Gasteiger partial charge in [0, 0.05) is 57.8 Å². The normalized spacial score (nSPS) is 20.6. The SMILES string of the molecule is C=Cc1ccccc1-c1ccc(C[C@@H]2NC(=O)[C@]3(Cc4ccccc4)CCCN(C3)C(=O)/C=C/C(=O)NCC[C@@H](C(=O)NCCOCCN)NC(=O)Cc3ccccc3CNC2=O)cc1. The van der Waals surface area contributed by atoms with E-state index in [0.29, 0.717) is 50.1 Å². The quantitative estimate of drug-likeness (QED) is 0.116. The van der Waals surface area contributed by atoms with E-state index < -0.39 is 47.0 Å². The molecular formula is C51H59N7O7. The fraction of sp³-hybridized carbons (Fsp3) is 0.333. The summed E-state index contributed by atoms with van der Waals surface area (Å²) in [5, 5.41) is 14.4. The molecule has 0 aromatic heterocycles. The molecule has 0 spiro atoms. The molecule has 14 heteroatoms. The van der Waals surface area contributed by atoms with Crippen LogP contribution in [0.5, 0.6) is 0 Å². The molecule has 1 fully saturated rings. The first-order valence-electron chi connectivity index (χ1n) is 22.2. The first-order valence-corrected chi connectivity index (χ1v) is 22.2. The first kappa shape index (κ1) is 47.6. The number of nitrogens with one attached hydrogen (secondary N) is 5. The lowest BCUT2D eigenvalue weighted by atomic mass is 9.74. The van der Waals surface area contributed by atoms with Gasteiger partial charge < -0.3 is 42.0 Å². The number of fused-ring (bicyclic) bond motifs is 3. The maximum absolute atomic E-state index is 14.9. The predicted molar refractivity (Wildman–Crippen MR) is 250 cm³/mol. The molecule has 3 atom stereocenters. The van der Waals surface area contributed by atoms with E-state index in [1.807, 2.05) is 91.0 Å². The van der Waals surface area contributed by atoms with Crippen LogP contribution in [-0.2, 0) is 59.3 Å². The lowest BCUT2D eigenvalue weighted by Gasteiger charge is -2.42. The topological polar surface area (TPSA) is 201 Å². The van der Waals surface area contributed by atoms with Crippen LogP contribution in [0.2, 0.25) is 0 Å². The Bertz CT molecular complexity index is 2330. The molecule has 4 aromatic rings. The molecule has 0 aliphatic carbocycles. The van der Waals surface area contributed by atoms with Crippen molar-refractivity contribution in [3.05, 3.63) is 150 Å². The average Bonchev–Trinajstić information content (AvgIpc) is 3.32. The van der Waals surface area contributed by atoms with Crippen LogP contribution in [0.4, 0.5) is 0 Å². The number of carbonyl (C=O) groups is 6. The van der Waals surface area contributed by atoms with Gasteiger partial charge >= 0.3 is 0 Å². The second kappa shape index (κ2) is 23.7. The van der Waals surface area contributed by atoms with Crippen LogP contribution < -0.4 is 32.3 Å². The smallest absolute Gasteiger partial charge is 0.246 e. The van der Waals surface area contributed by atoms with E-state index in [9.17, 15) is 28.8 Å². The van der Waals surface area contributed by atoms with E-state index in [1.54, 1.807) is 23.1 Å². The number of benzene rings is 4. The van der Waals surface area contributed by atoms with Gasteiger partial charge in [0.25, 0.3) is 0 Å². The summed E-state index contributed by atoms with van der Waals surface area (Å²) < 4.78 is 5.37. The standard InChI is InChI=1S/C51H59N7O7/c1-2-38-13-8-9-16-42(38)39-19-17-36(18-20-39)31-44-49(63)55-34-41-15-7-6-14-40(41)32-46(60)56-43(48(62)54-27-30-65-29-25-52)23-26-53-45(59)21-22-47(61)58-28-10-24-51(35-58,50(64)57-44)33-37-11-4-3-5-12-37/h2-9,11-22,43-44H,1,10,23-35,52H2,(H,53,59)(H,54,62)(H,55,63)(H,56,60)(H,57,64)/b22-21+/t43-,44-,51-/m0/s1. The highest BCUT2D eigenvalue weighted by Gasteiger charge is 2.44. The van der Waals surface area contributed by atoms with Crippen molar-refractivity contribution in [3.63, 3.8) is 0 Å². The van der Waals surface area contributed by atoms with E-state index in [2.05, 4.69) is 33.2 Å². The number of rotatable bonds is 12. The van der Waals surface area contributed by atoms with E-state index in [1.165, 1.54) is 6.08 Å². The Labute approximate surface area is 380 Å². The monoisotopic (exact) mass is 881 g/mol. The highest BCUT2D eigenvalue weighted by atomic mass is 16.5. The number of carbonyl (C=O) groups excluding carboxylic acids is 6. The summed E-state index contributed by atoms with van der Waals surface area (Å²) in [5.74, 6) is -2.71. The van der Waals surface area contributed by atoms with Gasteiger partial charge in [-0.25, -0.2) is 0 Å². The van der Waals surface area contributed by atoms with Crippen LogP contribution in [0.15, 0.2) is 122 Å². The molecule has 0 unspecified atom stereocenters. The predicted octanol–water partition coefficient (Wildman–Crippen LogP) is 3.39. The molecule has 6 rings (SSSR count). The molecule has 2 heterocycles. The van der Waals surface area contributed by atoms with Gasteiger partial charge in [-0.3, -0.25) is 28.8 Å². The van der Waals surface area contributed by atoms with Crippen molar-refractivity contribution in [3.8, 4) is 11.1 Å². The molecule has 1 saturated heterocycles. The second-order valence-corrected chi connectivity index (χ2v) is 16.4. The molecule has 6 amide bonds. The molecule has 2 bridgehead atoms. The number of hydrogen-bond acceptors (Lipinski definition) is 8. The summed E-state index contributed by atoms with van der Waals surface area (Å²) in [6.07, 6.45) is 5.51. The Morgan fingerprint density at radius 1 is 0.846 bits per heavy atom. The molecule has 2 aliphatic rings. The van der Waals surface area contributed by atoms with Gasteiger partial charge in [-0.1, -0.05) is 116 Å². The number of amides is 6. The summed E-state index contributed by atoms with van der Waals surface area (Å²) in [5.41, 5.74) is 10.4. The molecule has 0 radical (unpaired) electrons. The zero-order valence-corrected chi connectivity index (χ0v) is 36.7. The molecule has 14 nitrogen and oxygen atoms in total. The lowest BCUT2D eigenvalue weighted by Crippen LogP contribution is -2.58. The highest BCUT2D eigenvalue weighted by molar-refractivity contribution is 5.97. The lowest BCUT2D eigenvalue weighted by molar-refractivity contribution is -0.141. The minimum Gasteiger partial charge on any atom is -0.378 e. The molecule has 7 N–H and O–H groups in total. The van der Waals surface area contributed by atoms with E-state index in [4.69, 9.17) is 10.5 Å². The molecule has 65 heavy (non-hydrogen) atoms. The van der Waals surface area contributed by atoms with Crippen molar-refractivity contribution < 1.29 is 33.5 Å². The van der Waals surface area contributed by atoms with Gasteiger partial charge in [0.15, 0.2) is 0 Å². The van der Waals surface area contributed by atoms with Crippen molar-refractivity contribution >= 4 is 41.5 Å². The van der Waals surface area contributed by atoms with Crippen LogP contribution >= 0.6 is 0 Å². The summed E-state index contributed by atoms with van der Waals surface area (Å²) >= 11 is 0. The molecule has 4 aromatic carbocycles.